The molecule has 0 N–H and O–H groups in total. The zero-order chi connectivity index (χ0) is 17.4. The van der Waals surface area contributed by atoms with E-state index in [2.05, 4.69) is 4.98 Å². The molecule has 1 atom stereocenters. The summed E-state index contributed by atoms with van der Waals surface area (Å²) in [6.07, 6.45) is -1.27. The minimum absolute atomic E-state index is 0.0641. The van der Waals surface area contributed by atoms with Gasteiger partial charge in [0.1, 0.15) is 5.52 Å². The number of hydrogen-bond acceptors (Lipinski definition) is 5. The number of carbonyl (C=O) groups excluding carboxylic acids is 1. The minimum Gasteiger partial charge on any atom is -0.423 e. The van der Waals surface area contributed by atoms with Crippen LogP contribution in [0.3, 0.4) is 0 Å². The molecule has 8 heteroatoms. The van der Waals surface area contributed by atoms with E-state index in [-0.39, 0.29) is 31.8 Å². The van der Waals surface area contributed by atoms with E-state index in [9.17, 15) is 13.6 Å². The van der Waals surface area contributed by atoms with Gasteiger partial charge >= 0.3 is 0 Å². The van der Waals surface area contributed by atoms with E-state index in [0.29, 0.717) is 31.3 Å². The molecule has 3 heterocycles. The van der Waals surface area contributed by atoms with Crippen LogP contribution in [0.15, 0.2) is 28.7 Å². The summed E-state index contributed by atoms with van der Waals surface area (Å²) in [6.45, 7) is 1.36. The fourth-order valence-corrected chi connectivity index (χ4v) is 3.23. The Hall–Kier alpha value is -2.22. The number of amides is 1. The number of benzene rings is 1. The first-order chi connectivity index (χ1) is 12.0. The Balaban J connectivity index is 1.44. The molecule has 2 aromatic rings. The second-order valence-electron chi connectivity index (χ2n) is 6.45. The maximum Gasteiger partial charge on any atom is 0.298 e. The fraction of sp³-hybridized carbons (Fsp3) is 0.529. The maximum absolute atomic E-state index is 13.3. The quantitative estimate of drug-likeness (QED) is 0.831. The topological polar surface area (TPSA) is 58.8 Å². The molecule has 2 fully saturated rings. The monoisotopic (exact) mass is 351 g/mol. The third-order valence-electron chi connectivity index (χ3n) is 4.70. The van der Waals surface area contributed by atoms with Gasteiger partial charge in [0.2, 0.25) is 0 Å². The summed E-state index contributed by atoms with van der Waals surface area (Å²) in [7, 11) is 0. The molecule has 134 valence electrons. The predicted molar refractivity (Wildman–Crippen MR) is 86.7 cm³/mol. The smallest absolute Gasteiger partial charge is 0.298 e. The van der Waals surface area contributed by atoms with Crippen molar-refractivity contribution in [3.05, 3.63) is 24.3 Å². The molecular formula is C17H19F2N3O3. The zero-order valence-corrected chi connectivity index (χ0v) is 13.7. The lowest BCUT2D eigenvalue weighted by Crippen LogP contribution is -2.53. The SMILES string of the molecule is O=C(C1CN(c2nc3ccccc3o2)CCO1)N1CCC(F)(F)CC1. The van der Waals surface area contributed by atoms with Crippen molar-refractivity contribution in [2.24, 2.45) is 0 Å². The van der Waals surface area contributed by atoms with Gasteiger partial charge in [0.05, 0.1) is 13.2 Å². The number of ether oxygens (including phenoxy) is 1. The predicted octanol–water partition coefficient (Wildman–Crippen LogP) is 2.29. The summed E-state index contributed by atoms with van der Waals surface area (Å²) in [4.78, 5) is 20.4. The van der Waals surface area contributed by atoms with Crippen LogP contribution in [0.1, 0.15) is 12.8 Å². The van der Waals surface area contributed by atoms with Crippen molar-refractivity contribution in [2.75, 3.05) is 37.7 Å². The van der Waals surface area contributed by atoms with Crippen LogP contribution < -0.4 is 4.90 Å². The molecule has 1 unspecified atom stereocenters. The average molecular weight is 351 g/mol. The standard InChI is InChI=1S/C17H19F2N3O3/c18-17(19)5-7-21(8-6-17)15(23)14-11-22(9-10-24-14)16-20-12-3-1-2-4-13(12)25-16/h1-4,14H,5-11H2. The Labute approximate surface area is 143 Å². The largest absolute Gasteiger partial charge is 0.423 e. The van der Waals surface area contributed by atoms with E-state index in [1.165, 1.54) is 4.90 Å². The van der Waals surface area contributed by atoms with Gasteiger partial charge < -0.3 is 19.0 Å². The molecule has 0 saturated carbocycles. The number of oxazole rings is 1. The van der Waals surface area contributed by atoms with Crippen LogP contribution in [0, 0.1) is 0 Å². The second kappa shape index (κ2) is 6.25. The third-order valence-corrected chi connectivity index (χ3v) is 4.70. The Bertz CT molecular complexity index is 736. The molecule has 2 aliphatic heterocycles. The molecule has 2 aliphatic rings. The van der Waals surface area contributed by atoms with Crippen LogP contribution in [0.2, 0.25) is 0 Å². The van der Waals surface area contributed by atoms with Gasteiger partial charge in [-0.3, -0.25) is 4.79 Å². The van der Waals surface area contributed by atoms with Gasteiger partial charge in [0.15, 0.2) is 11.7 Å². The summed E-state index contributed by atoms with van der Waals surface area (Å²) in [5, 5.41) is 0. The number of likely N-dealkylation sites (tertiary alicyclic amines) is 1. The van der Waals surface area contributed by atoms with Crippen molar-refractivity contribution in [1.82, 2.24) is 9.88 Å². The number of anilines is 1. The van der Waals surface area contributed by atoms with Gasteiger partial charge in [-0.1, -0.05) is 12.1 Å². The molecule has 1 aromatic heterocycles. The highest BCUT2D eigenvalue weighted by Crippen LogP contribution is 2.29. The van der Waals surface area contributed by atoms with Gasteiger partial charge in [-0.15, -0.1) is 0 Å². The molecule has 0 aliphatic carbocycles. The van der Waals surface area contributed by atoms with Crippen molar-refractivity contribution < 1.29 is 22.7 Å². The van der Waals surface area contributed by atoms with E-state index >= 15 is 0 Å². The highest BCUT2D eigenvalue weighted by atomic mass is 19.3. The maximum atomic E-state index is 13.3. The van der Waals surface area contributed by atoms with Crippen LogP contribution >= 0.6 is 0 Å². The first-order valence-electron chi connectivity index (χ1n) is 8.41. The van der Waals surface area contributed by atoms with Crippen LogP contribution in [0.5, 0.6) is 0 Å². The summed E-state index contributed by atoms with van der Waals surface area (Å²) in [5.74, 6) is -2.91. The van der Waals surface area contributed by atoms with E-state index in [4.69, 9.17) is 9.15 Å². The number of aromatic nitrogens is 1. The molecule has 0 spiro atoms. The molecule has 0 bridgehead atoms. The average Bonchev–Trinajstić information content (AvgIpc) is 3.05. The second-order valence-corrected chi connectivity index (χ2v) is 6.45. The van der Waals surface area contributed by atoms with Crippen molar-refractivity contribution in [3.8, 4) is 0 Å². The van der Waals surface area contributed by atoms with Crippen LogP contribution in [-0.4, -0.2) is 60.6 Å². The number of morpholine rings is 1. The number of rotatable bonds is 2. The van der Waals surface area contributed by atoms with Gasteiger partial charge in [-0.2, -0.15) is 4.98 Å². The Morgan fingerprint density at radius 1 is 1.20 bits per heavy atom. The number of hydrogen-bond donors (Lipinski definition) is 0. The number of carbonyl (C=O) groups is 1. The summed E-state index contributed by atoms with van der Waals surface area (Å²) in [6, 6.07) is 7.90. The van der Waals surface area contributed by atoms with Gasteiger partial charge in [0.25, 0.3) is 17.8 Å². The molecule has 1 aromatic carbocycles. The highest BCUT2D eigenvalue weighted by molar-refractivity contribution is 5.82. The molecule has 0 radical (unpaired) electrons. The van der Waals surface area contributed by atoms with E-state index in [0.717, 1.165) is 5.52 Å². The highest BCUT2D eigenvalue weighted by Gasteiger charge is 2.39. The van der Waals surface area contributed by atoms with Gasteiger partial charge in [-0.25, -0.2) is 8.78 Å². The molecule has 1 amide bonds. The minimum atomic E-state index is -2.67. The van der Waals surface area contributed by atoms with Crippen LogP contribution in [-0.2, 0) is 9.53 Å². The summed E-state index contributed by atoms with van der Waals surface area (Å²) >= 11 is 0. The fourth-order valence-electron chi connectivity index (χ4n) is 3.23. The third kappa shape index (κ3) is 3.30. The summed E-state index contributed by atoms with van der Waals surface area (Å²) in [5.41, 5.74) is 1.44. The van der Waals surface area contributed by atoms with Gasteiger partial charge in [-0.05, 0) is 12.1 Å². The summed E-state index contributed by atoms with van der Waals surface area (Å²) < 4.78 is 37.9. The van der Waals surface area contributed by atoms with E-state index in [1.54, 1.807) is 0 Å². The first kappa shape index (κ1) is 16.3. The Kier molecular flexibility index (Phi) is 4.07. The van der Waals surface area contributed by atoms with E-state index < -0.39 is 12.0 Å². The zero-order valence-electron chi connectivity index (χ0n) is 13.7. The first-order valence-corrected chi connectivity index (χ1v) is 8.41. The Morgan fingerprint density at radius 3 is 2.72 bits per heavy atom. The lowest BCUT2D eigenvalue weighted by molar-refractivity contribution is -0.150. The number of nitrogens with zero attached hydrogens (tertiary/aromatic N) is 3. The number of piperidine rings is 1. The molecule has 6 nitrogen and oxygen atoms in total. The van der Waals surface area contributed by atoms with Crippen LogP contribution in [0.25, 0.3) is 11.1 Å². The molecule has 2 saturated heterocycles. The normalized spacial score (nSPS) is 23.8. The number of halogens is 2. The van der Waals surface area contributed by atoms with Crippen LogP contribution in [0.4, 0.5) is 14.8 Å². The number of fused-ring (bicyclic) bond motifs is 1. The van der Waals surface area contributed by atoms with Crippen molar-refractivity contribution in [3.63, 3.8) is 0 Å². The van der Waals surface area contributed by atoms with Crippen molar-refractivity contribution >= 4 is 23.0 Å². The van der Waals surface area contributed by atoms with Crippen molar-refractivity contribution in [1.29, 1.82) is 0 Å². The lowest BCUT2D eigenvalue weighted by atomic mass is 10.1. The lowest BCUT2D eigenvalue weighted by Gasteiger charge is -2.37. The Morgan fingerprint density at radius 2 is 1.96 bits per heavy atom. The number of alkyl halides is 2. The molecular weight excluding hydrogens is 332 g/mol. The number of para-hydroxylation sites is 2. The van der Waals surface area contributed by atoms with E-state index in [1.807, 2.05) is 29.2 Å². The van der Waals surface area contributed by atoms with Gasteiger partial charge in [0, 0.05) is 32.5 Å². The molecule has 4 rings (SSSR count). The van der Waals surface area contributed by atoms with Crippen molar-refractivity contribution in [2.45, 2.75) is 24.9 Å². The molecule has 25 heavy (non-hydrogen) atoms.